The fraction of sp³-hybridized carbons (Fsp3) is 0.217. The van der Waals surface area contributed by atoms with Crippen LogP contribution in [0.2, 0.25) is 15.1 Å². The van der Waals surface area contributed by atoms with Crippen molar-refractivity contribution < 1.29 is 9.47 Å². The molecule has 3 aromatic carbocycles. The zero-order chi connectivity index (χ0) is 20.8. The molecule has 152 valence electrons. The average Bonchev–Trinajstić information content (AvgIpc) is 2.70. The van der Waals surface area contributed by atoms with E-state index in [2.05, 4.69) is 5.32 Å². The molecule has 6 heteroatoms. The Balaban J connectivity index is 1.76. The topological polar surface area (TPSA) is 30.5 Å². The molecule has 29 heavy (non-hydrogen) atoms. The predicted octanol–water partition coefficient (Wildman–Crippen LogP) is 7.55. The highest BCUT2D eigenvalue weighted by molar-refractivity contribution is 6.32. The summed E-state index contributed by atoms with van der Waals surface area (Å²) in [6.07, 6.45) is 0. The molecule has 3 nitrogen and oxygen atoms in total. The Kier molecular flexibility index (Phi) is 7.54. The largest absolute Gasteiger partial charge is 0.490 e. The molecule has 0 saturated heterocycles. The summed E-state index contributed by atoms with van der Waals surface area (Å²) in [5, 5.41) is 5.32. The van der Waals surface area contributed by atoms with E-state index in [0.717, 1.165) is 27.4 Å². The molecular formula is C23H22Cl3NO2. The SMILES string of the molecule is CCOc1cc(CNc2ccc(C)c(Cl)c2)c(Cl)cc1OCc1ccccc1Cl. The summed E-state index contributed by atoms with van der Waals surface area (Å²) in [6, 6.07) is 17.1. The van der Waals surface area contributed by atoms with Gasteiger partial charge in [0.25, 0.3) is 0 Å². The molecule has 0 radical (unpaired) electrons. The van der Waals surface area contributed by atoms with Crippen molar-refractivity contribution in [3.05, 3.63) is 86.4 Å². The first kappa shape index (κ1) is 21.6. The van der Waals surface area contributed by atoms with Crippen LogP contribution < -0.4 is 14.8 Å². The number of rotatable bonds is 8. The molecule has 0 spiro atoms. The number of hydrogen-bond acceptors (Lipinski definition) is 3. The Morgan fingerprint density at radius 2 is 1.55 bits per heavy atom. The van der Waals surface area contributed by atoms with Gasteiger partial charge >= 0.3 is 0 Å². The van der Waals surface area contributed by atoms with Crippen molar-refractivity contribution >= 4 is 40.5 Å². The Morgan fingerprint density at radius 1 is 0.793 bits per heavy atom. The molecule has 0 unspecified atom stereocenters. The minimum atomic E-state index is 0.329. The van der Waals surface area contributed by atoms with Gasteiger partial charge in [-0.2, -0.15) is 0 Å². The lowest BCUT2D eigenvalue weighted by Crippen LogP contribution is -2.04. The molecule has 3 rings (SSSR count). The highest BCUT2D eigenvalue weighted by Crippen LogP contribution is 2.35. The van der Waals surface area contributed by atoms with Crippen molar-refractivity contribution in [3.63, 3.8) is 0 Å². The maximum absolute atomic E-state index is 6.51. The summed E-state index contributed by atoms with van der Waals surface area (Å²) < 4.78 is 11.7. The van der Waals surface area contributed by atoms with E-state index in [1.165, 1.54) is 0 Å². The Morgan fingerprint density at radius 3 is 2.28 bits per heavy atom. The van der Waals surface area contributed by atoms with Gasteiger partial charge in [0.2, 0.25) is 0 Å². The molecule has 0 bridgehead atoms. The second-order valence-corrected chi connectivity index (χ2v) is 7.74. The van der Waals surface area contributed by atoms with E-state index >= 15 is 0 Å². The summed E-state index contributed by atoms with van der Waals surface area (Å²) in [7, 11) is 0. The zero-order valence-electron chi connectivity index (χ0n) is 16.3. The third-order valence-corrected chi connectivity index (χ3v) is 5.54. The molecule has 1 N–H and O–H groups in total. The maximum Gasteiger partial charge on any atom is 0.163 e. The second-order valence-electron chi connectivity index (χ2n) is 6.52. The summed E-state index contributed by atoms with van der Waals surface area (Å²) in [5.41, 5.74) is 3.76. The quantitative estimate of drug-likeness (QED) is 0.384. The smallest absolute Gasteiger partial charge is 0.163 e. The van der Waals surface area contributed by atoms with Crippen LogP contribution in [0.4, 0.5) is 5.69 Å². The van der Waals surface area contributed by atoms with Gasteiger partial charge in [0, 0.05) is 38.9 Å². The molecule has 0 amide bonds. The third kappa shape index (κ3) is 5.72. The van der Waals surface area contributed by atoms with Gasteiger partial charge in [-0.25, -0.2) is 0 Å². The number of benzene rings is 3. The predicted molar refractivity (Wildman–Crippen MR) is 122 cm³/mol. The number of halogens is 3. The Labute approximate surface area is 186 Å². The molecule has 0 saturated carbocycles. The zero-order valence-corrected chi connectivity index (χ0v) is 18.5. The molecule has 0 atom stereocenters. The first-order chi connectivity index (χ1) is 14.0. The summed E-state index contributed by atoms with van der Waals surface area (Å²) >= 11 is 18.9. The summed E-state index contributed by atoms with van der Waals surface area (Å²) in [4.78, 5) is 0. The minimum absolute atomic E-state index is 0.329. The van der Waals surface area contributed by atoms with E-state index in [-0.39, 0.29) is 0 Å². The van der Waals surface area contributed by atoms with Crippen LogP contribution in [0, 0.1) is 6.92 Å². The number of aryl methyl sites for hydroxylation is 1. The van der Waals surface area contributed by atoms with E-state index in [9.17, 15) is 0 Å². The summed E-state index contributed by atoms with van der Waals surface area (Å²) in [6.45, 7) is 5.28. The summed E-state index contributed by atoms with van der Waals surface area (Å²) in [5.74, 6) is 1.22. The number of hydrogen-bond donors (Lipinski definition) is 1. The lowest BCUT2D eigenvalue weighted by molar-refractivity contribution is 0.269. The van der Waals surface area contributed by atoms with Gasteiger partial charge in [-0.05, 0) is 49.2 Å². The lowest BCUT2D eigenvalue weighted by atomic mass is 10.1. The van der Waals surface area contributed by atoms with E-state index in [0.29, 0.717) is 41.3 Å². The Bertz CT molecular complexity index is 992. The van der Waals surface area contributed by atoms with E-state index < -0.39 is 0 Å². The first-order valence-electron chi connectivity index (χ1n) is 9.29. The standard InChI is InChI=1S/C23H22Cl3NO2/c1-3-28-22-10-17(13-27-18-9-8-15(2)20(25)11-18)21(26)12-23(22)29-14-16-6-4-5-7-19(16)24/h4-12,27H,3,13-14H2,1-2H3. The normalized spacial score (nSPS) is 10.7. The van der Waals surface area contributed by atoms with Crippen LogP contribution in [0.25, 0.3) is 0 Å². The van der Waals surface area contributed by atoms with Gasteiger partial charge in [0.1, 0.15) is 6.61 Å². The molecule has 0 fully saturated rings. The van der Waals surface area contributed by atoms with Gasteiger partial charge in [-0.3, -0.25) is 0 Å². The van der Waals surface area contributed by atoms with E-state index in [1.54, 1.807) is 6.07 Å². The van der Waals surface area contributed by atoms with Gasteiger partial charge in [0.05, 0.1) is 6.61 Å². The van der Waals surface area contributed by atoms with E-state index in [1.807, 2.05) is 62.4 Å². The molecule has 3 aromatic rings. The van der Waals surface area contributed by atoms with Crippen molar-refractivity contribution in [2.75, 3.05) is 11.9 Å². The third-order valence-electron chi connectivity index (χ3n) is 4.41. The average molecular weight is 451 g/mol. The van der Waals surface area contributed by atoms with Crippen LogP contribution in [-0.2, 0) is 13.2 Å². The second kappa shape index (κ2) is 10.1. The van der Waals surface area contributed by atoms with Crippen LogP contribution in [0.1, 0.15) is 23.6 Å². The molecule has 0 aromatic heterocycles. The van der Waals surface area contributed by atoms with Crippen LogP contribution in [0.15, 0.2) is 54.6 Å². The molecule has 0 heterocycles. The highest BCUT2D eigenvalue weighted by atomic mass is 35.5. The van der Waals surface area contributed by atoms with Gasteiger partial charge < -0.3 is 14.8 Å². The number of nitrogens with one attached hydrogen (secondary N) is 1. The lowest BCUT2D eigenvalue weighted by Gasteiger charge is -2.16. The number of ether oxygens (including phenoxy) is 2. The minimum Gasteiger partial charge on any atom is -0.490 e. The van der Waals surface area contributed by atoms with Crippen molar-refractivity contribution in [1.29, 1.82) is 0 Å². The van der Waals surface area contributed by atoms with Gasteiger partial charge in [0.15, 0.2) is 11.5 Å². The molecule has 0 aliphatic rings. The molecule has 0 aliphatic carbocycles. The fourth-order valence-corrected chi connectivity index (χ4v) is 3.36. The Hall–Kier alpha value is -2.07. The van der Waals surface area contributed by atoms with Gasteiger partial charge in [-0.15, -0.1) is 0 Å². The number of anilines is 1. The van der Waals surface area contributed by atoms with Crippen LogP contribution in [-0.4, -0.2) is 6.61 Å². The van der Waals surface area contributed by atoms with Gasteiger partial charge in [-0.1, -0.05) is 59.1 Å². The highest BCUT2D eigenvalue weighted by Gasteiger charge is 2.12. The first-order valence-corrected chi connectivity index (χ1v) is 10.4. The van der Waals surface area contributed by atoms with Crippen molar-refractivity contribution in [3.8, 4) is 11.5 Å². The fourth-order valence-electron chi connectivity index (χ4n) is 2.76. The van der Waals surface area contributed by atoms with Crippen molar-refractivity contribution in [2.45, 2.75) is 27.0 Å². The van der Waals surface area contributed by atoms with Crippen LogP contribution >= 0.6 is 34.8 Å². The van der Waals surface area contributed by atoms with Crippen molar-refractivity contribution in [2.24, 2.45) is 0 Å². The van der Waals surface area contributed by atoms with Crippen molar-refractivity contribution in [1.82, 2.24) is 0 Å². The molecule has 0 aliphatic heterocycles. The maximum atomic E-state index is 6.51. The van der Waals surface area contributed by atoms with Crippen LogP contribution in [0.3, 0.4) is 0 Å². The van der Waals surface area contributed by atoms with Crippen LogP contribution in [0.5, 0.6) is 11.5 Å². The molecular weight excluding hydrogens is 429 g/mol. The van der Waals surface area contributed by atoms with E-state index in [4.69, 9.17) is 44.3 Å². The monoisotopic (exact) mass is 449 g/mol.